The highest BCUT2D eigenvalue weighted by Gasteiger charge is 1.97. The lowest BCUT2D eigenvalue weighted by atomic mass is 10.2. The fraction of sp³-hybridized carbons (Fsp3) is 0.417. The van der Waals surface area contributed by atoms with E-state index in [9.17, 15) is 0 Å². The SMILES string of the molecule is CN/N=C/c1cccc(OCC(C)C)c1. The molecule has 0 radical (unpaired) electrons. The third-order valence-corrected chi connectivity index (χ3v) is 1.78. The van der Waals surface area contributed by atoms with Gasteiger partial charge in [0.25, 0.3) is 0 Å². The molecule has 3 heteroatoms. The van der Waals surface area contributed by atoms with Crippen molar-refractivity contribution >= 4 is 6.21 Å². The fourth-order valence-electron chi connectivity index (χ4n) is 1.09. The van der Waals surface area contributed by atoms with E-state index in [1.807, 2.05) is 24.3 Å². The highest BCUT2D eigenvalue weighted by Crippen LogP contribution is 2.12. The second-order valence-corrected chi connectivity index (χ2v) is 3.76. The molecule has 0 aromatic heterocycles. The van der Waals surface area contributed by atoms with Crippen LogP contribution in [0.3, 0.4) is 0 Å². The van der Waals surface area contributed by atoms with Crippen LogP contribution in [0.2, 0.25) is 0 Å². The van der Waals surface area contributed by atoms with Crippen LogP contribution in [0.25, 0.3) is 0 Å². The van der Waals surface area contributed by atoms with Crippen molar-refractivity contribution in [2.24, 2.45) is 11.0 Å². The van der Waals surface area contributed by atoms with Crippen molar-refractivity contribution in [3.8, 4) is 5.75 Å². The van der Waals surface area contributed by atoms with Gasteiger partial charge in [0, 0.05) is 7.05 Å². The second kappa shape index (κ2) is 6.06. The van der Waals surface area contributed by atoms with Gasteiger partial charge in [0.2, 0.25) is 0 Å². The highest BCUT2D eigenvalue weighted by atomic mass is 16.5. The number of benzene rings is 1. The maximum absolute atomic E-state index is 5.61. The van der Waals surface area contributed by atoms with Gasteiger partial charge in [-0.3, -0.25) is 0 Å². The Balaban J connectivity index is 2.61. The third-order valence-electron chi connectivity index (χ3n) is 1.78. The van der Waals surface area contributed by atoms with Gasteiger partial charge < -0.3 is 10.2 Å². The molecule has 1 aromatic rings. The lowest BCUT2D eigenvalue weighted by molar-refractivity contribution is 0.271. The Bertz CT molecular complexity index is 321. The summed E-state index contributed by atoms with van der Waals surface area (Å²) in [6, 6.07) is 7.89. The lowest BCUT2D eigenvalue weighted by Gasteiger charge is -2.08. The molecule has 15 heavy (non-hydrogen) atoms. The molecule has 0 spiro atoms. The summed E-state index contributed by atoms with van der Waals surface area (Å²) in [5.74, 6) is 1.43. The molecule has 0 aliphatic carbocycles. The van der Waals surface area contributed by atoms with Crippen LogP contribution >= 0.6 is 0 Å². The molecular weight excluding hydrogens is 188 g/mol. The molecule has 82 valence electrons. The zero-order chi connectivity index (χ0) is 11.1. The minimum atomic E-state index is 0.541. The lowest BCUT2D eigenvalue weighted by Crippen LogP contribution is -2.04. The highest BCUT2D eigenvalue weighted by molar-refractivity contribution is 5.79. The fourth-order valence-corrected chi connectivity index (χ4v) is 1.09. The first-order chi connectivity index (χ1) is 7.22. The molecule has 0 amide bonds. The minimum Gasteiger partial charge on any atom is -0.493 e. The summed E-state index contributed by atoms with van der Waals surface area (Å²) in [7, 11) is 1.77. The van der Waals surface area contributed by atoms with Crippen LogP contribution in [0.5, 0.6) is 5.75 Å². The average Bonchev–Trinajstić information content (AvgIpc) is 2.24. The molecule has 1 N–H and O–H groups in total. The van der Waals surface area contributed by atoms with Gasteiger partial charge >= 0.3 is 0 Å². The van der Waals surface area contributed by atoms with Crippen LogP contribution in [0.4, 0.5) is 0 Å². The molecule has 1 rings (SSSR count). The summed E-state index contributed by atoms with van der Waals surface area (Å²) in [6.45, 7) is 5.01. The van der Waals surface area contributed by atoms with Crippen molar-refractivity contribution in [1.82, 2.24) is 5.43 Å². The van der Waals surface area contributed by atoms with Crippen molar-refractivity contribution in [2.75, 3.05) is 13.7 Å². The first-order valence-corrected chi connectivity index (χ1v) is 5.15. The van der Waals surface area contributed by atoms with E-state index in [0.29, 0.717) is 5.92 Å². The molecule has 1 aromatic carbocycles. The quantitative estimate of drug-likeness (QED) is 0.592. The van der Waals surface area contributed by atoms with Crippen LogP contribution in [-0.4, -0.2) is 19.9 Å². The van der Waals surface area contributed by atoms with Gasteiger partial charge in [-0.05, 0) is 23.6 Å². The Labute approximate surface area is 91.1 Å². The zero-order valence-electron chi connectivity index (χ0n) is 9.53. The van der Waals surface area contributed by atoms with Gasteiger partial charge in [-0.2, -0.15) is 5.10 Å². The van der Waals surface area contributed by atoms with E-state index in [2.05, 4.69) is 24.4 Å². The smallest absolute Gasteiger partial charge is 0.119 e. The number of nitrogens with one attached hydrogen (secondary N) is 1. The van der Waals surface area contributed by atoms with Crippen LogP contribution in [-0.2, 0) is 0 Å². The van der Waals surface area contributed by atoms with E-state index in [-0.39, 0.29) is 0 Å². The summed E-state index contributed by atoms with van der Waals surface area (Å²) in [5.41, 5.74) is 3.75. The van der Waals surface area contributed by atoms with Crippen molar-refractivity contribution in [3.05, 3.63) is 29.8 Å². The number of ether oxygens (including phenoxy) is 1. The van der Waals surface area contributed by atoms with Gasteiger partial charge in [0.15, 0.2) is 0 Å². The topological polar surface area (TPSA) is 33.6 Å². The molecule has 0 aliphatic heterocycles. The molecule has 0 bridgehead atoms. The van der Waals surface area contributed by atoms with Gasteiger partial charge in [0.1, 0.15) is 5.75 Å². The number of hydrogen-bond donors (Lipinski definition) is 1. The molecule has 0 aliphatic rings. The maximum atomic E-state index is 5.61. The Morgan fingerprint density at radius 1 is 1.47 bits per heavy atom. The van der Waals surface area contributed by atoms with E-state index in [0.717, 1.165) is 17.9 Å². The summed E-state index contributed by atoms with van der Waals surface area (Å²) in [5, 5.41) is 3.95. The van der Waals surface area contributed by atoms with Crippen molar-refractivity contribution in [2.45, 2.75) is 13.8 Å². The largest absolute Gasteiger partial charge is 0.493 e. The van der Waals surface area contributed by atoms with E-state index in [4.69, 9.17) is 4.74 Å². The predicted octanol–water partition coefficient (Wildman–Crippen LogP) is 2.27. The summed E-state index contributed by atoms with van der Waals surface area (Å²) in [6.07, 6.45) is 1.77. The minimum absolute atomic E-state index is 0.541. The first-order valence-electron chi connectivity index (χ1n) is 5.15. The molecule has 0 unspecified atom stereocenters. The van der Waals surface area contributed by atoms with Gasteiger partial charge in [-0.1, -0.05) is 26.0 Å². The number of hydrazone groups is 1. The number of rotatable bonds is 5. The Hall–Kier alpha value is -1.51. The average molecular weight is 206 g/mol. The molecule has 0 fully saturated rings. The van der Waals surface area contributed by atoms with Crippen molar-refractivity contribution < 1.29 is 4.74 Å². The van der Waals surface area contributed by atoms with Crippen molar-refractivity contribution in [3.63, 3.8) is 0 Å². The number of nitrogens with zero attached hydrogens (tertiary/aromatic N) is 1. The van der Waals surface area contributed by atoms with Crippen LogP contribution in [0, 0.1) is 5.92 Å². The third kappa shape index (κ3) is 4.49. The molecule has 0 atom stereocenters. The van der Waals surface area contributed by atoms with Gasteiger partial charge in [-0.15, -0.1) is 0 Å². The van der Waals surface area contributed by atoms with Gasteiger partial charge in [0.05, 0.1) is 12.8 Å². The first kappa shape index (κ1) is 11.6. The van der Waals surface area contributed by atoms with Crippen LogP contribution < -0.4 is 10.2 Å². The van der Waals surface area contributed by atoms with E-state index < -0.39 is 0 Å². The molecule has 0 saturated heterocycles. The zero-order valence-corrected chi connectivity index (χ0v) is 9.53. The molecule has 0 heterocycles. The van der Waals surface area contributed by atoms with Crippen LogP contribution in [0.1, 0.15) is 19.4 Å². The van der Waals surface area contributed by atoms with Crippen LogP contribution in [0.15, 0.2) is 29.4 Å². The maximum Gasteiger partial charge on any atom is 0.119 e. The van der Waals surface area contributed by atoms with E-state index >= 15 is 0 Å². The standard InChI is InChI=1S/C12H18N2O/c1-10(2)9-15-12-6-4-5-11(7-12)8-14-13-3/h4-8,10,13H,9H2,1-3H3/b14-8+. The Morgan fingerprint density at radius 2 is 2.27 bits per heavy atom. The monoisotopic (exact) mass is 206 g/mol. The second-order valence-electron chi connectivity index (χ2n) is 3.76. The molecule has 3 nitrogen and oxygen atoms in total. The normalized spacial score (nSPS) is 10.9. The summed E-state index contributed by atoms with van der Waals surface area (Å²) in [4.78, 5) is 0. The Morgan fingerprint density at radius 3 is 2.93 bits per heavy atom. The Kier molecular flexibility index (Phi) is 4.68. The van der Waals surface area contributed by atoms with Crippen molar-refractivity contribution in [1.29, 1.82) is 0 Å². The predicted molar refractivity (Wildman–Crippen MR) is 63.4 cm³/mol. The summed E-state index contributed by atoms with van der Waals surface area (Å²) < 4.78 is 5.61. The van der Waals surface area contributed by atoms with E-state index in [1.165, 1.54) is 0 Å². The number of hydrogen-bond acceptors (Lipinski definition) is 3. The van der Waals surface area contributed by atoms with Gasteiger partial charge in [-0.25, -0.2) is 0 Å². The molecule has 0 saturated carbocycles. The van der Waals surface area contributed by atoms with E-state index in [1.54, 1.807) is 13.3 Å². The summed E-state index contributed by atoms with van der Waals surface area (Å²) >= 11 is 0. The molecular formula is C12H18N2O.